The Morgan fingerprint density at radius 3 is 2.34 bits per heavy atom. The zero-order valence-electron chi connectivity index (χ0n) is 19.4. The fraction of sp³-hybridized carbons (Fsp3) is 0.480. The molecule has 1 amide bonds. The van der Waals surface area contributed by atoms with Crippen LogP contribution in [0.2, 0.25) is 0 Å². The van der Waals surface area contributed by atoms with Crippen LogP contribution in [0, 0.1) is 13.8 Å². The second-order valence-electron chi connectivity index (χ2n) is 8.73. The number of aryl methyl sites for hydroxylation is 1. The number of benzene rings is 2. The molecule has 3 rings (SSSR count). The van der Waals surface area contributed by atoms with Gasteiger partial charge in [-0.2, -0.15) is 0 Å². The smallest absolute Gasteiger partial charge is 0.232 e. The van der Waals surface area contributed by atoms with Crippen LogP contribution >= 0.6 is 0 Å². The summed E-state index contributed by atoms with van der Waals surface area (Å²) in [6.07, 6.45) is 4.53. The normalized spacial score (nSPS) is 14.5. The predicted molar refractivity (Wildman–Crippen MR) is 130 cm³/mol. The predicted octanol–water partition coefficient (Wildman–Crippen LogP) is 3.76. The van der Waals surface area contributed by atoms with Gasteiger partial charge in [0.25, 0.3) is 0 Å². The molecule has 0 aliphatic carbocycles. The van der Waals surface area contributed by atoms with E-state index in [-0.39, 0.29) is 18.9 Å². The van der Waals surface area contributed by atoms with Gasteiger partial charge in [0.15, 0.2) is 0 Å². The van der Waals surface area contributed by atoms with E-state index in [9.17, 15) is 13.2 Å². The van der Waals surface area contributed by atoms with Crippen LogP contribution in [-0.2, 0) is 27.9 Å². The minimum atomic E-state index is -3.43. The monoisotopic (exact) mass is 457 g/mol. The van der Waals surface area contributed by atoms with Crippen LogP contribution in [0.1, 0.15) is 47.9 Å². The Kier molecular flexibility index (Phi) is 8.32. The van der Waals surface area contributed by atoms with Crippen molar-refractivity contribution in [2.45, 2.75) is 52.6 Å². The molecule has 0 bridgehead atoms. The third-order valence-electron chi connectivity index (χ3n) is 6.13. The third-order valence-corrected chi connectivity index (χ3v) is 7.31. The first kappa shape index (κ1) is 24.3. The number of carbonyl (C=O) groups excluding carboxylic acids is 1. The summed E-state index contributed by atoms with van der Waals surface area (Å²) in [5, 5.41) is 2.95. The Labute approximate surface area is 192 Å². The van der Waals surface area contributed by atoms with E-state index in [1.54, 1.807) is 0 Å². The maximum absolute atomic E-state index is 12.3. The molecule has 0 atom stereocenters. The van der Waals surface area contributed by atoms with Crippen LogP contribution in [0.4, 0.5) is 5.69 Å². The van der Waals surface area contributed by atoms with E-state index in [0.29, 0.717) is 18.7 Å². The Morgan fingerprint density at radius 2 is 1.69 bits per heavy atom. The molecule has 0 saturated carbocycles. The Hall–Kier alpha value is -2.38. The average Bonchev–Trinajstić information content (AvgIpc) is 3.25. The summed E-state index contributed by atoms with van der Waals surface area (Å²) in [5.74, 6) is -0.0689. The zero-order valence-corrected chi connectivity index (χ0v) is 20.2. The SMILES string of the molecule is Cc1cccc(N(CCCC(=O)NCc2ccc(CN3CCCC3)cc2)S(C)(=O)=O)c1C. The van der Waals surface area contributed by atoms with E-state index in [1.165, 1.54) is 42.1 Å². The fourth-order valence-corrected chi connectivity index (χ4v) is 5.12. The van der Waals surface area contributed by atoms with Crippen molar-refractivity contribution >= 4 is 21.6 Å². The molecule has 2 aromatic rings. The number of amides is 1. The summed E-state index contributed by atoms with van der Waals surface area (Å²) >= 11 is 0. The Morgan fingerprint density at radius 1 is 1.03 bits per heavy atom. The number of hydrogen-bond donors (Lipinski definition) is 1. The van der Waals surface area contributed by atoms with Crippen LogP contribution in [0.3, 0.4) is 0 Å². The molecule has 0 aromatic heterocycles. The van der Waals surface area contributed by atoms with Gasteiger partial charge in [-0.15, -0.1) is 0 Å². The number of sulfonamides is 1. The van der Waals surface area contributed by atoms with E-state index in [1.807, 2.05) is 32.0 Å². The van der Waals surface area contributed by atoms with E-state index in [2.05, 4.69) is 34.5 Å². The maximum Gasteiger partial charge on any atom is 0.232 e. The molecule has 6 nitrogen and oxygen atoms in total. The summed E-state index contributed by atoms with van der Waals surface area (Å²) in [6.45, 7) is 7.99. The standard InChI is InChI=1S/C25H35N3O3S/c1-20-8-6-9-24(21(20)2)28(32(3,30)31)17-7-10-25(29)26-18-22-11-13-23(14-12-22)19-27-15-4-5-16-27/h6,8-9,11-14H,4-5,7,10,15-19H2,1-3H3,(H,26,29). The summed E-state index contributed by atoms with van der Waals surface area (Å²) in [7, 11) is -3.43. The lowest BCUT2D eigenvalue weighted by Gasteiger charge is -2.24. The van der Waals surface area contributed by atoms with Crippen LogP contribution in [0.5, 0.6) is 0 Å². The Balaban J connectivity index is 1.47. The van der Waals surface area contributed by atoms with Gasteiger partial charge >= 0.3 is 0 Å². The number of likely N-dealkylation sites (tertiary alicyclic amines) is 1. The van der Waals surface area contributed by atoms with Gasteiger partial charge in [0, 0.05) is 26.1 Å². The van der Waals surface area contributed by atoms with Crippen LogP contribution in [0.25, 0.3) is 0 Å². The largest absolute Gasteiger partial charge is 0.352 e. The number of anilines is 1. The molecule has 1 heterocycles. The minimum Gasteiger partial charge on any atom is -0.352 e. The lowest BCUT2D eigenvalue weighted by molar-refractivity contribution is -0.121. The molecule has 2 aromatic carbocycles. The van der Waals surface area contributed by atoms with Gasteiger partial charge in [-0.1, -0.05) is 36.4 Å². The van der Waals surface area contributed by atoms with Crippen LogP contribution < -0.4 is 9.62 Å². The van der Waals surface area contributed by atoms with Gasteiger partial charge in [0.2, 0.25) is 15.9 Å². The first-order chi connectivity index (χ1) is 15.2. The van der Waals surface area contributed by atoms with Crippen molar-refractivity contribution in [2.24, 2.45) is 0 Å². The summed E-state index contributed by atoms with van der Waals surface area (Å²) in [5.41, 5.74) is 5.03. The lowest BCUT2D eigenvalue weighted by atomic mass is 10.1. The van der Waals surface area contributed by atoms with Crippen molar-refractivity contribution in [3.05, 3.63) is 64.7 Å². The quantitative estimate of drug-likeness (QED) is 0.590. The molecule has 1 aliphatic heterocycles. The van der Waals surface area contributed by atoms with Gasteiger partial charge in [-0.05, 0) is 74.5 Å². The van der Waals surface area contributed by atoms with Crippen molar-refractivity contribution in [3.8, 4) is 0 Å². The molecular formula is C25H35N3O3S. The number of nitrogens with one attached hydrogen (secondary N) is 1. The molecule has 1 aliphatic rings. The highest BCUT2D eigenvalue weighted by Gasteiger charge is 2.20. The molecule has 0 spiro atoms. The van der Waals surface area contributed by atoms with E-state index >= 15 is 0 Å². The number of rotatable bonds is 10. The van der Waals surface area contributed by atoms with Crippen LogP contribution in [-0.4, -0.2) is 45.1 Å². The highest BCUT2D eigenvalue weighted by Crippen LogP contribution is 2.25. The van der Waals surface area contributed by atoms with Crippen molar-refractivity contribution in [1.82, 2.24) is 10.2 Å². The number of carbonyl (C=O) groups is 1. The van der Waals surface area contributed by atoms with E-state index in [0.717, 1.165) is 23.2 Å². The van der Waals surface area contributed by atoms with Crippen LogP contribution in [0.15, 0.2) is 42.5 Å². The highest BCUT2D eigenvalue weighted by atomic mass is 32.2. The van der Waals surface area contributed by atoms with Gasteiger partial charge in [-0.3, -0.25) is 14.0 Å². The summed E-state index contributed by atoms with van der Waals surface area (Å²) in [6, 6.07) is 14.0. The van der Waals surface area contributed by atoms with Gasteiger partial charge < -0.3 is 5.32 Å². The average molecular weight is 458 g/mol. The van der Waals surface area contributed by atoms with Crippen molar-refractivity contribution in [1.29, 1.82) is 0 Å². The molecule has 1 fully saturated rings. The molecule has 1 saturated heterocycles. The molecule has 0 radical (unpaired) electrons. The van der Waals surface area contributed by atoms with E-state index in [4.69, 9.17) is 0 Å². The van der Waals surface area contributed by atoms with Gasteiger partial charge in [0.05, 0.1) is 11.9 Å². The first-order valence-corrected chi connectivity index (χ1v) is 13.2. The van der Waals surface area contributed by atoms with Gasteiger partial charge in [0.1, 0.15) is 0 Å². The molecule has 7 heteroatoms. The summed E-state index contributed by atoms with van der Waals surface area (Å²) in [4.78, 5) is 14.8. The topological polar surface area (TPSA) is 69.7 Å². The zero-order chi connectivity index (χ0) is 23.1. The molecule has 1 N–H and O–H groups in total. The molecular weight excluding hydrogens is 422 g/mol. The van der Waals surface area contributed by atoms with Crippen molar-refractivity contribution in [2.75, 3.05) is 30.2 Å². The first-order valence-electron chi connectivity index (χ1n) is 11.3. The molecule has 174 valence electrons. The number of hydrogen-bond acceptors (Lipinski definition) is 4. The van der Waals surface area contributed by atoms with Gasteiger partial charge in [-0.25, -0.2) is 8.42 Å². The van der Waals surface area contributed by atoms with Crippen molar-refractivity contribution in [3.63, 3.8) is 0 Å². The second-order valence-corrected chi connectivity index (χ2v) is 10.6. The maximum atomic E-state index is 12.3. The van der Waals surface area contributed by atoms with E-state index < -0.39 is 10.0 Å². The molecule has 32 heavy (non-hydrogen) atoms. The second kappa shape index (κ2) is 11.0. The van der Waals surface area contributed by atoms with Crippen molar-refractivity contribution < 1.29 is 13.2 Å². The number of nitrogens with zero attached hydrogens (tertiary/aromatic N) is 2. The minimum absolute atomic E-state index is 0.0689. The highest BCUT2D eigenvalue weighted by molar-refractivity contribution is 7.92. The third kappa shape index (κ3) is 6.81. The molecule has 0 unspecified atom stereocenters. The lowest BCUT2D eigenvalue weighted by Crippen LogP contribution is -2.32. The fourth-order valence-electron chi connectivity index (χ4n) is 4.10. The summed E-state index contributed by atoms with van der Waals surface area (Å²) < 4.78 is 26.1. The Bertz CT molecular complexity index is 1010.